The van der Waals surface area contributed by atoms with Gasteiger partial charge in [-0.2, -0.15) is 0 Å². The molecule has 0 heterocycles. The predicted molar refractivity (Wildman–Crippen MR) is 28.8 cm³/mol. The minimum atomic E-state index is 0. The fourth-order valence-corrected chi connectivity index (χ4v) is 0.158. The van der Waals surface area contributed by atoms with Crippen LogP contribution in [0, 0.1) is 0 Å². The van der Waals surface area contributed by atoms with Gasteiger partial charge in [-0.3, -0.25) is 4.57 Å². The monoisotopic (exact) mass is 127 g/mol. The summed E-state index contributed by atoms with van der Waals surface area (Å²) in [6, 6.07) is 0. The summed E-state index contributed by atoms with van der Waals surface area (Å²) < 4.78 is 9.42. The van der Waals surface area contributed by atoms with Gasteiger partial charge in [-0.05, 0) is 0 Å². The first kappa shape index (κ1) is 9.61. The molecule has 0 fully saturated rings. The maximum atomic E-state index is 9.42. The van der Waals surface area contributed by atoms with Crippen LogP contribution >= 0.6 is 20.9 Å². The van der Waals surface area contributed by atoms with Gasteiger partial charge >= 0.3 is 0 Å². The van der Waals surface area contributed by atoms with Crippen molar-refractivity contribution in [2.75, 3.05) is 12.7 Å². The average Bonchev–Trinajstić information content (AvgIpc) is 1.41. The Morgan fingerprint density at radius 3 is 2.17 bits per heavy atom. The highest BCUT2D eigenvalue weighted by Gasteiger charge is 1.68. The fourth-order valence-electron chi connectivity index (χ4n) is 0.0527. The Kier molecular flexibility index (Phi) is 14.4. The molecule has 0 bridgehead atoms. The molecule has 0 amide bonds. The number of hydrogen-bond donors (Lipinski definition) is 1. The Morgan fingerprint density at radius 2 is 2.17 bits per heavy atom. The van der Waals surface area contributed by atoms with Gasteiger partial charge in [0.15, 0.2) is 8.46 Å². The Labute approximate surface area is 44.7 Å². The summed E-state index contributed by atoms with van der Waals surface area (Å²) in [5.41, 5.74) is 4.93. The van der Waals surface area contributed by atoms with E-state index in [2.05, 4.69) is 0 Å². The van der Waals surface area contributed by atoms with E-state index in [1.807, 2.05) is 0 Å². The van der Waals surface area contributed by atoms with Gasteiger partial charge in [0.25, 0.3) is 0 Å². The molecule has 2 nitrogen and oxygen atoms in total. The van der Waals surface area contributed by atoms with Crippen molar-refractivity contribution in [1.82, 2.24) is 0 Å². The zero-order valence-corrected chi connectivity index (χ0v) is 4.97. The van der Waals surface area contributed by atoms with Gasteiger partial charge in [-0.1, -0.05) is 0 Å². The zero-order chi connectivity index (χ0) is 4.12. The van der Waals surface area contributed by atoms with Crippen LogP contribution < -0.4 is 5.73 Å². The molecule has 4 heteroatoms. The maximum Gasteiger partial charge on any atom is 0.156 e. The smallest absolute Gasteiger partial charge is 0.156 e. The molecule has 0 unspecified atom stereocenters. The van der Waals surface area contributed by atoms with Gasteiger partial charge in [0.05, 0.1) is 0 Å². The molecule has 0 aromatic rings. The molecule has 0 atom stereocenters. The summed E-state index contributed by atoms with van der Waals surface area (Å²) in [5.74, 6) is 0. The van der Waals surface area contributed by atoms with Gasteiger partial charge in [-0.25, -0.2) is 0 Å². The summed E-state index contributed by atoms with van der Waals surface area (Å²) in [7, 11) is 0.155. The summed E-state index contributed by atoms with van der Waals surface area (Å²) in [6.07, 6.45) is 0.583. The van der Waals surface area contributed by atoms with Gasteiger partial charge in [0.1, 0.15) is 0 Å². The summed E-state index contributed by atoms with van der Waals surface area (Å²) in [4.78, 5) is 0. The lowest BCUT2D eigenvalue weighted by Crippen LogP contribution is -1.97. The molecule has 0 aliphatic rings. The predicted octanol–water partition coefficient (Wildman–Crippen LogP) is 0.659. The standard InChI is InChI=1S/C2H6NOP.ClH/c3-1-2-5-4;/h1-3H2;1H. The molecule has 0 saturated carbocycles. The molecule has 0 saturated heterocycles. The van der Waals surface area contributed by atoms with E-state index in [-0.39, 0.29) is 20.9 Å². The number of nitrogens with two attached hydrogens (primary N) is 1. The van der Waals surface area contributed by atoms with Crippen molar-refractivity contribution in [3.63, 3.8) is 0 Å². The normalized spacial score (nSPS) is 7.50. The first-order chi connectivity index (χ1) is 2.41. The third-order valence-corrected chi connectivity index (χ3v) is 0.661. The Balaban J connectivity index is 0. The first-order valence-electron chi connectivity index (χ1n) is 1.41. The Hall–Kier alpha value is 0.350. The van der Waals surface area contributed by atoms with E-state index >= 15 is 0 Å². The molecule has 0 radical (unpaired) electrons. The van der Waals surface area contributed by atoms with Crippen LogP contribution in [0.3, 0.4) is 0 Å². The maximum absolute atomic E-state index is 9.42. The highest BCUT2D eigenvalue weighted by atomic mass is 35.5. The lowest BCUT2D eigenvalue weighted by Gasteiger charge is -1.68. The minimum absolute atomic E-state index is 0. The van der Waals surface area contributed by atoms with Crippen LogP contribution in [0.2, 0.25) is 0 Å². The van der Waals surface area contributed by atoms with E-state index in [4.69, 9.17) is 5.73 Å². The fraction of sp³-hybridized carbons (Fsp3) is 1.00. The van der Waals surface area contributed by atoms with Gasteiger partial charge < -0.3 is 5.73 Å². The summed E-state index contributed by atoms with van der Waals surface area (Å²) in [5, 5.41) is 0. The second kappa shape index (κ2) is 9.02. The van der Waals surface area contributed by atoms with E-state index < -0.39 is 0 Å². The Bertz CT molecular complexity index is 34.7. The van der Waals surface area contributed by atoms with Crippen molar-refractivity contribution in [2.45, 2.75) is 0 Å². The lowest BCUT2D eigenvalue weighted by molar-refractivity contribution is 0.598. The molecular formula is C2H7ClNOP. The number of halogens is 1. The molecule has 0 aliphatic heterocycles. The van der Waals surface area contributed by atoms with Crippen molar-refractivity contribution in [1.29, 1.82) is 0 Å². The van der Waals surface area contributed by atoms with Crippen LogP contribution in [-0.2, 0) is 4.57 Å². The topological polar surface area (TPSA) is 43.1 Å². The van der Waals surface area contributed by atoms with E-state index in [1.165, 1.54) is 0 Å². The van der Waals surface area contributed by atoms with E-state index in [9.17, 15) is 4.57 Å². The zero-order valence-electron chi connectivity index (χ0n) is 3.26. The van der Waals surface area contributed by atoms with Crippen LogP contribution in [0.15, 0.2) is 0 Å². The summed E-state index contributed by atoms with van der Waals surface area (Å²) >= 11 is 0. The molecule has 0 aromatic carbocycles. The van der Waals surface area contributed by atoms with Crippen molar-refractivity contribution < 1.29 is 4.57 Å². The molecule has 0 spiro atoms. The van der Waals surface area contributed by atoms with Gasteiger partial charge in [0.2, 0.25) is 0 Å². The SMILES string of the molecule is Cl.NCCP=O. The van der Waals surface area contributed by atoms with Crippen molar-refractivity contribution in [3.05, 3.63) is 0 Å². The third kappa shape index (κ3) is 8.84. The Morgan fingerprint density at radius 1 is 1.67 bits per heavy atom. The van der Waals surface area contributed by atoms with Crippen LogP contribution in [0.25, 0.3) is 0 Å². The molecule has 0 aromatic heterocycles. The van der Waals surface area contributed by atoms with Crippen molar-refractivity contribution in [2.24, 2.45) is 5.73 Å². The van der Waals surface area contributed by atoms with Crippen LogP contribution in [0.4, 0.5) is 0 Å². The third-order valence-electron chi connectivity index (χ3n) is 0.220. The number of rotatable bonds is 2. The van der Waals surface area contributed by atoms with Crippen LogP contribution in [-0.4, -0.2) is 12.7 Å². The number of hydrogen-bond acceptors (Lipinski definition) is 2. The molecule has 6 heavy (non-hydrogen) atoms. The van der Waals surface area contributed by atoms with Gasteiger partial charge in [-0.15, -0.1) is 12.4 Å². The molecule has 0 rings (SSSR count). The average molecular weight is 128 g/mol. The van der Waals surface area contributed by atoms with Crippen molar-refractivity contribution >= 4 is 20.9 Å². The largest absolute Gasteiger partial charge is 0.330 e. The van der Waals surface area contributed by atoms with E-state index in [1.54, 1.807) is 0 Å². The van der Waals surface area contributed by atoms with E-state index in [0.29, 0.717) is 12.7 Å². The summed E-state index contributed by atoms with van der Waals surface area (Å²) in [6.45, 7) is 0.519. The van der Waals surface area contributed by atoms with Gasteiger partial charge in [0, 0.05) is 12.7 Å². The highest BCUT2D eigenvalue weighted by molar-refractivity contribution is 7.23. The van der Waals surface area contributed by atoms with Crippen LogP contribution in [0.5, 0.6) is 0 Å². The highest BCUT2D eigenvalue weighted by Crippen LogP contribution is 1.82. The molecule has 2 N–H and O–H groups in total. The van der Waals surface area contributed by atoms with E-state index in [0.717, 1.165) is 0 Å². The quantitative estimate of drug-likeness (QED) is 0.554. The molecule has 0 aliphatic carbocycles. The second-order valence-corrected chi connectivity index (χ2v) is 1.35. The van der Waals surface area contributed by atoms with Crippen LogP contribution in [0.1, 0.15) is 0 Å². The van der Waals surface area contributed by atoms with Crippen molar-refractivity contribution in [3.8, 4) is 0 Å². The lowest BCUT2D eigenvalue weighted by atomic mass is 10.8. The first-order valence-corrected chi connectivity index (χ1v) is 2.40. The minimum Gasteiger partial charge on any atom is -0.330 e. The second-order valence-electron chi connectivity index (χ2n) is 0.641. The molecular weight excluding hydrogens is 120 g/mol. The molecule has 38 valence electrons.